The van der Waals surface area contributed by atoms with Crippen LogP contribution in [0.5, 0.6) is 5.75 Å². The lowest BCUT2D eigenvalue weighted by atomic mass is 9.99. The molecule has 4 aromatic carbocycles. The van der Waals surface area contributed by atoms with Crippen molar-refractivity contribution in [3.8, 4) is 22.6 Å². The molecule has 0 radical (unpaired) electrons. The molecular weight excluding hydrogens is 673 g/mol. The number of aliphatic hydroxyl groups excluding tert-OH is 1. The molecule has 6 rings (SSSR count). The highest BCUT2D eigenvalue weighted by atomic mass is 32.2. The average molecular weight is 711 g/mol. The quantitative estimate of drug-likeness (QED) is 0.0584. The molecular formula is C37H38N6O7S. The predicted molar refractivity (Wildman–Crippen MR) is 187 cm³/mol. The molecule has 264 valence electrons. The van der Waals surface area contributed by atoms with Gasteiger partial charge in [0.05, 0.1) is 24.5 Å². The van der Waals surface area contributed by atoms with Gasteiger partial charge in [0.15, 0.2) is 6.29 Å². The third kappa shape index (κ3) is 9.57. The molecule has 0 saturated carbocycles. The zero-order chi connectivity index (χ0) is 35.6. The van der Waals surface area contributed by atoms with Crippen molar-refractivity contribution in [3.05, 3.63) is 119 Å². The zero-order valence-electron chi connectivity index (χ0n) is 27.6. The second-order valence-electron chi connectivity index (χ2n) is 12.0. The number of tetrazole rings is 1. The summed E-state index contributed by atoms with van der Waals surface area (Å²) >= 11 is 1.47. The molecule has 3 unspecified atom stereocenters. The topological polar surface area (TPSA) is 181 Å². The molecule has 3 atom stereocenters. The number of ether oxygens (including phenoxy) is 2. The van der Waals surface area contributed by atoms with Crippen molar-refractivity contribution in [1.29, 1.82) is 0 Å². The molecule has 0 spiro atoms. The number of carbonyl (C=O) groups excluding carboxylic acids is 2. The van der Waals surface area contributed by atoms with Crippen molar-refractivity contribution in [2.24, 2.45) is 0 Å². The van der Waals surface area contributed by atoms with Crippen LogP contribution in [0.3, 0.4) is 0 Å². The highest BCUT2D eigenvalue weighted by molar-refractivity contribution is 7.99. The average Bonchev–Trinajstić information content (AvgIpc) is 3.65. The molecule has 0 aliphatic carbocycles. The van der Waals surface area contributed by atoms with Crippen molar-refractivity contribution in [2.75, 3.05) is 5.75 Å². The number of hydrogen-bond donors (Lipinski definition) is 5. The Morgan fingerprint density at radius 1 is 0.863 bits per heavy atom. The van der Waals surface area contributed by atoms with Crippen molar-refractivity contribution >= 4 is 23.6 Å². The Hall–Kier alpha value is -5.12. The van der Waals surface area contributed by atoms with Gasteiger partial charge in [-0.25, -0.2) is 5.48 Å². The summed E-state index contributed by atoms with van der Waals surface area (Å²) in [5.41, 5.74) is 7.77. The number of carbonyl (C=O) groups is 2. The van der Waals surface area contributed by atoms with Crippen LogP contribution in [0, 0.1) is 0 Å². The van der Waals surface area contributed by atoms with Crippen molar-refractivity contribution in [3.63, 3.8) is 0 Å². The first-order valence-electron chi connectivity index (χ1n) is 16.5. The molecule has 1 fully saturated rings. The number of benzene rings is 4. The third-order valence-corrected chi connectivity index (χ3v) is 9.44. The molecule has 5 aromatic rings. The standard InChI is InChI=1S/C37H38N6O7S/c44-22-24-10-12-26(13-11-24)33-20-32(23-51-37-39-41-42-43(37)30-14-16-31(45)17-15-30)49-36(50-33)29-7-2-6-28(19-29)27-5-1-4-25(18-27)21-38-34(46)8-3-9-35(47)40-48/h1-2,4-7,10-19,32-33,36,44-45,48H,3,8-9,20-23H2,(H,38,46)(H,40,47). The number of nitrogens with one attached hydrogen (secondary N) is 2. The summed E-state index contributed by atoms with van der Waals surface area (Å²) in [5.74, 6) is 0.00568. The van der Waals surface area contributed by atoms with E-state index in [0.29, 0.717) is 30.3 Å². The second-order valence-corrected chi connectivity index (χ2v) is 13.0. The number of nitrogens with zero attached hydrogens (tertiary/aromatic N) is 4. The number of thioether (sulfide) groups is 1. The molecule has 1 aliphatic rings. The van der Waals surface area contributed by atoms with Gasteiger partial charge < -0.3 is 25.0 Å². The van der Waals surface area contributed by atoms with Crippen LogP contribution in [0.15, 0.2) is 102 Å². The molecule has 51 heavy (non-hydrogen) atoms. The van der Waals surface area contributed by atoms with E-state index in [0.717, 1.165) is 39.1 Å². The molecule has 0 bridgehead atoms. The number of hydroxylamine groups is 1. The minimum atomic E-state index is -0.671. The molecule has 2 amide bonds. The lowest BCUT2D eigenvalue weighted by Crippen LogP contribution is -2.31. The number of phenols is 1. The molecule has 2 heterocycles. The Balaban J connectivity index is 1.17. The Morgan fingerprint density at radius 2 is 1.61 bits per heavy atom. The lowest BCUT2D eigenvalue weighted by Gasteiger charge is -2.36. The first-order chi connectivity index (χ1) is 24.9. The molecule has 1 aromatic heterocycles. The number of aromatic hydroxyl groups is 1. The van der Waals surface area contributed by atoms with Crippen LogP contribution in [0.2, 0.25) is 0 Å². The number of aliphatic hydroxyl groups is 1. The van der Waals surface area contributed by atoms with Crippen molar-refractivity contribution < 1.29 is 34.5 Å². The van der Waals surface area contributed by atoms with E-state index in [1.54, 1.807) is 34.4 Å². The van der Waals surface area contributed by atoms with Gasteiger partial charge >= 0.3 is 0 Å². The largest absolute Gasteiger partial charge is 0.508 e. The summed E-state index contributed by atoms with van der Waals surface area (Å²) in [6.07, 6.45) is 0.00246. The van der Waals surface area contributed by atoms with E-state index < -0.39 is 12.2 Å². The highest BCUT2D eigenvalue weighted by Crippen LogP contribution is 2.40. The minimum Gasteiger partial charge on any atom is -0.508 e. The molecule has 1 aliphatic heterocycles. The molecule has 13 nitrogen and oxygen atoms in total. The monoisotopic (exact) mass is 710 g/mol. The van der Waals surface area contributed by atoms with E-state index in [9.17, 15) is 19.8 Å². The SMILES string of the molecule is O=C(CCCC(=O)NCc1cccc(-c2cccc(C3OC(CSc4nnnn4-c4ccc(O)cc4)CC(c4ccc(CO)cc4)O3)c2)c1)NO. The third-order valence-electron chi connectivity index (χ3n) is 8.39. The van der Waals surface area contributed by atoms with E-state index in [1.165, 1.54) is 11.8 Å². The number of amides is 2. The van der Waals surface area contributed by atoms with Crippen LogP contribution in [-0.2, 0) is 32.2 Å². The van der Waals surface area contributed by atoms with Crippen LogP contribution in [-0.4, -0.2) is 59.3 Å². The Kier molecular flexibility index (Phi) is 12.0. The van der Waals surface area contributed by atoms with E-state index in [-0.39, 0.29) is 43.3 Å². The first-order valence-corrected chi connectivity index (χ1v) is 17.5. The Labute approximate surface area is 298 Å². The van der Waals surface area contributed by atoms with E-state index >= 15 is 0 Å². The van der Waals surface area contributed by atoms with Crippen LogP contribution in [0.1, 0.15) is 60.3 Å². The minimum absolute atomic E-state index is 0.0432. The summed E-state index contributed by atoms with van der Waals surface area (Å²) in [7, 11) is 0. The summed E-state index contributed by atoms with van der Waals surface area (Å²) < 4.78 is 14.8. The fourth-order valence-corrected chi connectivity index (χ4v) is 6.60. The van der Waals surface area contributed by atoms with Crippen molar-refractivity contribution in [2.45, 2.75) is 62.5 Å². The summed E-state index contributed by atoms with van der Waals surface area (Å²) in [5, 5.41) is 43.6. The Morgan fingerprint density at radius 3 is 2.37 bits per heavy atom. The molecule has 1 saturated heterocycles. The van der Waals surface area contributed by atoms with Crippen LogP contribution < -0.4 is 10.8 Å². The highest BCUT2D eigenvalue weighted by Gasteiger charge is 2.33. The van der Waals surface area contributed by atoms with Gasteiger partial charge in [0.25, 0.3) is 0 Å². The number of phenolic OH excluding ortho intramolecular Hbond substituents is 1. The van der Waals surface area contributed by atoms with Gasteiger partial charge in [-0.2, -0.15) is 4.68 Å². The lowest BCUT2D eigenvalue weighted by molar-refractivity contribution is -0.245. The molecule has 14 heteroatoms. The fraction of sp³-hybridized carbons (Fsp3) is 0.270. The van der Waals surface area contributed by atoms with Crippen LogP contribution in [0.4, 0.5) is 0 Å². The number of aromatic nitrogens is 4. The smallest absolute Gasteiger partial charge is 0.243 e. The molecule has 5 N–H and O–H groups in total. The Bertz CT molecular complexity index is 1920. The fourth-order valence-electron chi connectivity index (χ4n) is 5.70. The maximum Gasteiger partial charge on any atom is 0.243 e. The van der Waals surface area contributed by atoms with Gasteiger partial charge in [0.2, 0.25) is 17.0 Å². The maximum absolute atomic E-state index is 12.3. The van der Waals surface area contributed by atoms with Crippen LogP contribution >= 0.6 is 11.8 Å². The van der Waals surface area contributed by atoms with Gasteiger partial charge in [0.1, 0.15) is 5.75 Å². The zero-order valence-corrected chi connectivity index (χ0v) is 28.4. The maximum atomic E-state index is 12.3. The second kappa shape index (κ2) is 17.2. The van der Waals surface area contributed by atoms with Gasteiger partial charge in [-0.05, 0) is 81.1 Å². The van der Waals surface area contributed by atoms with Crippen molar-refractivity contribution in [1.82, 2.24) is 31.0 Å². The normalized spacial score (nSPS) is 17.2. The van der Waals surface area contributed by atoms with Gasteiger partial charge in [0, 0.05) is 37.1 Å². The van der Waals surface area contributed by atoms with Gasteiger partial charge in [-0.15, -0.1) is 5.10 Å². The summed E-state index contributed by atoms with van der Waals surface area (Å²) in [6, 6.07) is 30.3. The van der Waals surface area contributed by atoms with E-state index in [4.69, 9.17) is 14.7 Å². The van der Waals surface area contributed by atoms with E-state index in [2.05, 4.69) is 20.8 Å². The number of rotatable bonds is 14. The summed E-state index contributed by atoms with van der Waals surface area (Å²) in [6.45, 7) is 0.290. The van der Waals surface area contributed by atoms with Gasteiger partial charge in [-0.1, -0.05) is 72.4 Å². The summed E-state index contributed by atoms with van der Waals surface area (Å²) in [4.78, 5) is 23.5. The van der Waals surface area contributed by atoms with E-state index in [1.807, 2.05) is 72.8 Å². The van der Waals surface area contributed by atoms with Gasteiger partial charge in [-0.3, -0.25) is 14.8 Å². The van der Waals surface area contributed by atoms with Crippen LogP contribution in [0.25, 0.3) is 16.8 Å². The first kappa shape index (κ1) is 35.7. The predicted octanol–water partition coefficient (Wildman–Crippen LogP) is 5.16. The number of hydrogen-bond acceptors (Lipinski definition) is 11.